The monoisotopic (exact) mass is 202 g/mol. The number of nitrogens with one attached hydrogen (secondary N) is 1. The van der Waals surface area contributed by atoms with Crippen molar-refractivity contribution in [2.45, 2.75) is 12.3 Å². The van der Waals surface area contributed by atoms with E-state index in [9.17, 15) is 4.79 Å². The molecule has 76 valence electrons. The first-order chi connectivity index (χ1) is 7.25. The summed E-state index contributed by atoms with van der Waals surface area (Å²) in [5.74, 6) is -0.0791. The standard InChI is InChI=1S/C11H10N2O2/c14-11(15)7-5-6(7)10-12-8-3-1-2-4-9(8)13-10/h1-4,6-7H,5H2,(H,12,13)(H,14,15)/t6-,7-/m1/s1. The minimum absolute atomic E-state index is 0.0786. The van der Waals surface area contributed by atoms with E-state index in [0.29, 0.717) is 6.42 Å². The SMILES string of the molecule is O=C(O)[C@@H]1C[C@H]1c1nc2ccccc2[nH]1. The van der Waals surface area contributed by atoms with Crippen molar-refractivity contribution in [3.8, 4) is 0 Å². The second-order valence-electron chi connectivity index (χ2n) is 3.93. The van der Waals surface area contributed by atoms with E-state index in [1.807, 2.05) is 24.3 Å². The number of aliphatic carboxylic acids is 1. The predicted octanol–water partition coefficient (Wildman–Crippen LogP) is 1.75. The van der Waals surface area contributed by atoms with Gasteiger partial charge in [0.05, 0.1) is 17.0 Å². The fourth-order valence-corrected chi connectivity index (χ4v) is 1.92. The Hall–Kier alpha value is -1.84. The maximum Gasteiger partial charge on any atom is 0.307 e. The van der Waals surface area contributed by atoms with E-state index in [1.54, 1.807) is 0 Å². The van der Waals surface area contributed by atoms with Gasteiger partial charge in [0.25, 0.3) is 0 Å². The van der Waals surface area contributed by atoms with Crippen molar-refractivity contribution in [3.63, 3.8) is 0 Å². The maximum absolute atomic E-state index is 10.7. The van der Waals surface area contributed by atoms with E-state index >= 15 is 0 Å². The minimum atomic E-state index is -0.722. The van der Waals surface area contributed by atoms with Crippen LogP contribution in [-0.2, 0) is 4.79 Å². The van der Waals surface area contributed by atoms with Gasteiger partial charge < -0.3 is 10.1 Å². The van der Waals surface area contributed by atoms with Gasteiger partial charge in [-0.05, 0) is 18.6 Å². The molecule has 1 aromatic heterocycles. The molecule has 0 radical (unpaired) electrons. The van der Waals surface area contributed by atoms with Crippen LogP contribution in [0.3, 0.4) is 0 Å². The first kappa shape index (κ1) is 8.47. The number of para-hydroxylation sites is 2. The van der Waals surface area contributed by atoms with Gasteiger partial charge in [0.15, 0.2) is 0 Å². The van der Waals surface area contributed by atoms with Crippen molar-refractivity contribution >= 4 is 17.0 Å². The van der Waals surface area contributed by atoms with Crippen molar-refractivity contribution < 1.29 is 9.90 Å². The quantitative estimate of drug-likeness (QED) is 0.779. The fraction of sp³-hybridized carbons (Fsp3) is 0.273. The number of rotatable bonds is 2. The summed E-state index contributed by atoms with van der Waals surface area (Å²) < 4.78 is 0. The Morgan fingerprint density at radius 2 is 2.27 bits per heavy atom. The molecular weight excluding hydrogens is 192 g/mol. The molecule has 4 heteroatoms. The summed E-state index contributed by atoms with van der Waals surface area (Å²) in [4.78, 5) is 18.3. The van der Waals surface area contributed by atoms with Gasteiger partial charge in [-0.1, -0.05) is 12.1 Å². The molecule has 0 amide bonds. The molecule has 0 bridgehead atoms. The van der Waals surface area contributed by atoms with Gasteiger partial charge in [0, 0.05) is 5.92 Å². The molecule has 1 fully saturated rings. The summed E-state index contributed by atoms with van der Waals surface area (Å²) in [6.45, 7) is 0. The summed E-state index contributed by atoms with van der Waals surface area (Å²) in [6, 6.07) is 7.73. The highest BCUT2D eigenvalue weighted by Gasteiger charge is 2.46. The smallest absolute Gasteiger partial charge is 0.307 e. The second kappa shape index (κ2) is 2.82. The van der Waals surface area contributed by atoms with E-state index in [0.717, 1.165) is 16.9 Å². The highest BCUT2D eigenvalue weighted by molar-refractivity contribution is 5.77. The molecule has 1 aliphatic rings. The Morgan fingerprint density at radius 1 is 1.47 bits per heavy atom. The number of carboxylic acid groups (broad SMARTS) is 1. The average molecular weight is 202 g/mol. The number of nitrogens with zero attached hydrogens (tertiary/aromatic N) is 1. The third kappa shape index (κ3) is 1.29. The molecule has 0 aliphatic heterocycles. The van der Waals surface area contributed by atoms with Crippen molar-refractivity contribution in [2.24, 2.45) is 5.92 Å². The van der Waals surface area contributed by atoms with E-state index in [4.69, 9.17) is 5.11 Å². The van der Waals surface area contributed by atoms with Crippen LogP contribution in [0.4, 0.5) is 0 Å². The Bertz CT molecular complexity index is 499. The minimum Gasteiger partial charge on any atom is -0.481 e. The molecule has 3 rings (SSSR count). The highest BCUT2D eigenvalue weighted by Crippen LogP contribution is 2.46. The lowest BCUT2D eigenvalue weighted by Crippen LogP contribution is -1.99. The third-order valence-corrected chi connectivity index (χ3v) is 2.87. The molecule has 15 heavy (non-hydrogen) atoms. The molecule has 2 atom stereocenters. The van der Waals surface area contributed by atoms with Gasteiger partial charge in [0.2, 0.25) is 0 Å². The van der Waals surface area contributed by atoms with Crippen LogP contribution in [-0.4, -0.2) is 21.0 Å². The molecule has 4 nitrogen and oxygen atoms in total. The average Bonchev–Trinajstić information content (AvgIpc) is 2.91. The summed E-state index contributed by atoms with van der Waals surface area (Å²) in [7, 11) is 0. The van der Waals surface area contributed by atoms with Crippen LogP contribution >= 0.6 is 0 Å². The van der Waals surface area contributed by atoms with Crippen LogP contribution in [0.15, 0.2) is 24.3 Å². The number of H-pyrrole nitrogens is 1. The highest BCUT2D eigenvalue weighted by atomic mass is 16.4. The van der Waals surface area contributed by atoms with Crippen LogP contribution in [0.1, 0.15) is 18.2 Å². The summed E-state index contributed by atoms with van der Waals surface area (Å²) in [5, 5.41) is 8.82. The first-order valence-corrected chi connectivity index (χ1v) is 4.93. The zero-order valence-corrected chi connectivity index (χ0v) is 7.97. The van der Waals surface area contributed by atoms with E-state index in [2.05, 4.69) is 9.97 Å². The number of fused-ring (bicyclic) bond motifs is 1. The summed E-state index contributed by atoms with van der Waals surface area (Å²) >= 11 is 0. The molecule has 0 saturated heterocycles. The first-order valence-electron chi connectivity index (χ1n) is 4.93. The predicted molar refractivity (Wildman–Crippen MR) is 54.6 cm³/mol. The fourth-order valence-electron chi connectivity index (χ4n) is 1.92. The van der Waals surface area contributed by atoms with Gasteiger partial charge in [-0.2, -0.15) is 0 Å². The lowest BCUT2D eigenvalue weighted by molar-refractivity contribution is -0.138. The Morgan fingerprint density at radius 3 is 2.93 bits per heavy atom. The molecular formula is C11H10N2O2. The molecule has 1 heterocycles. The molecule has 1 aromatic carbocycles. The van der Waals surface area contributed by atoms with E-state index in [-0.39, 0.29) is 11.8 Å². The zero-order chi connectivity index (χ0) is 10.4. The Kier molecular flexibility index (Phi) is 1.59. The lowest BCUT2D eigenvalue weighted by Gasteiger charge is -1.89. The normalized spacial score (nSPS) is 24.3. The van der Waals surface area contributed by atoms with Crippen LogP contribution in [0.25, 0.3) is 11.0 Å². The van der Waals surface area contributed by atoms with Gasteiger partial charge >= 0.3 is 5.97 Å². The van der Waals surface area contributed by atoms with Gasteiger partial charge in [-0.25, -0.2) is 4.98 Å². The number of aromatic nitrogens is 2. The number of imidazole rings is 1. The van der Waals surface area contributed by atoms with Crippen LogP contribution in [0.5, 0.6) is 0 Å². The molecule has 0 spiro atoms. The Balaban J connectivity index is 1.97. The van der Waals surface area contributed by atoms with E-state index < -0.39 is 5.97 Å². The summed E-state index contributed by atoms with van der Waals surface area (Å²) in [5.41, 5.74) is 1.88. The van der Waals surface area contributed by atoms with Gasteiger partial charge in [-0.3, -0.25) is 4.79 Å². The number of aromatic amines is 1. The molecule has 2 aromatic rings. The zero-order valence-electron chi connectivity index (χ0n) is 7.97. The number of hydrogen-bond donors (Lipinski definition) is 2. The van der Waals surface area contributed by atoms with Crippen LogP contribution in [0, 0.1) is 5.92 Å². The third-order valence-electron chi connectivity index (χ3n) is 2.87. The van der Waals surface area contributed by atoms with Gasteiger partial charge in [-0.15, -0.1) is 0 Å². The maximum atomic E-state index is 10.7. The van der Waals surface area contributed by atoms with Crippen molar-refractivity contribution in [3.05, 3.63) is 30.1 Å². The van der Waals surface area contributed by atoms with E-state index in [1.165, 1.54) is 0 Å². The number of benzene rings is 1. The molecule has 1 aliphatic carbocycles. The van der Waals surface area contributed by atoms with Crippen molar-refractivity contribution in [2.75, 3.05) is 0 Å². The lowest BCUT2D eigenvalue weighted by atomic mass is 10.3. The Labute approximate surface area is 86.0 Å². The van der Waals surface area contributed by atoms with Crippen LogP contribution in [0.2, 0.25) is 0 Å². The summed E-state index contributed by atoms with van der Waals surface area (Å²) in [6.07, 6.45) is 0.704. The molecule has 0 unspecified atom stereocenters. The number of hydrogen-bond acceptors (Lipinski definition) is 2. The largest absolute Gasteiger partial charge is 0.481 e. The van der Waals surface area contributed by atoms with Crippen molar-refractivity contribution in [1.82, 2.24) is 9.97 Å². The molecule has 1 saturated carbocycles. The van der Waals surface area contributed by atoms with Crippen molar-refractivity contribution in [1.29, 1.82) is 0 Å². The second-order valence-corrected chi connectivity index (χ2v) is 3.93. The number of carboxylic acids is 1. The van der Waals surface area contributed by atoms with Gasteiger partial charge in [0.1, 0.15) is 5.82 Å². The topological polar surface area (TPSA) is 66.0 Å². The number of carbonyl (C=O) groups is 1. The van der Waals surface area contributed by atoms with Crippen LogP contribution < -0.4 is 0 Å². The molecule has 2 N–H and O–H groups in total.